The van der Waals surface area contributed by atoms with Gasteiger partial charge in [0.05, 0.1) is 16.0 Å². The molecule has 6 nitrogen and oxygen atoms in total. The van der Waals surface area contributed by atoms with Crippen molar-refractivity contribution in [3.8, 4) is 0 Å². The number of nitrogens with zero attached hydrogens (tertiary/aromatic N) is 1. The van der Waals surface area contributed by atoms with E-state index in [4.69, 9.17) is 10.2 Å². The van der Waals surface area contributed by atoms with E-state index < -0.39 is 10.0 Å². The highest BCUT2D eigenvalue weighted by molar-refractivity contribution is 9.11. The maximum Gasteiger partial charge on any atom is 0.243 e. The van der Waals surface area contributed by atoms with Crippen molar-refractivity contribution in [3.05, 3.63) is 32.1 Å². The number of nitrogens with one attached hydrogen (secondary N) is 1. The van der Waals surface area contributed by atoms with Gasteiger partial charge in [-0.05, 0) is 35.8 Å². The van der Waals surface area contributed by atoms with Gasteiger partial charge >= 0.3 is 0 Å². The SMILES string of the molecule is Cc1nc(CNS(=O)(=O)c2cc(CN)sc2Br)oc1C. The molecule has 0 aromatic carbocycles. The second-order valence-corrected chi connectivity index (χ2v) is 8.32. The molecule has 2 heterocycles. The van der Waals surface area contributed by atoms with Crippen LogP contribution in [0.15, 0.2) is 19.2 Å². The molecule has 0 atom stereocenters. The lowest BCUT2D eigenvalue weighted by Crippen LogP contribution is -2.23. The predicted molar refractivity (Wildman–Crippen MR) is 79.9 cm³/mol. The third-order valence-electron chi connectivity index (χ3n) is 2.68. The number of hydrogen-bond acceptors (Lipinski definition) is 6. The minimum absolute atomic E-state index is 0.0112. The smallest absolute Gasteiger partial charge is 0.243 e. The summed E-state index contributed by atoms with van der Waals surface area (Å²) < 4.78 is 32.7. The van der Waals surface area contributed by atoms with Gasteiger partial charge in [0.25, 0.3) is 0 Å². The Bertz CT molecular complexity index is 702. The first kappa shape index (κ1) is 15.6. The molecule has 20 heavy (non-hydrogen) atoms. The molecule has 110 valence electrons. The normalized spacial score (nSPS) is 12.0. The highest BCUT2D eigenvalue weighted by atomic mass is 79.9. The third kappa shape index (κ3) is 3.29. The maximum atomic E-state index is 12.2. The lowest BCUT2D eigenvalue weighted by Gasteiger charge is -2.03. The summed E-state index contributed by atoms with van der Waals surface area (Å²) in [5, 5.41) is 0. The summed E-state index contributed by atoms with van der Waals surface area (Å²) in [4.78, 5) is 5.10. The van der Waals surface area contributed by atoms with Gasteiger partial charge in [-0.15, -0.1) is 11.3 Å². The molecule has 3 N–H and O–H groups in total. The molecule has 0 saturated carbocycles. The van der Waals surface area contributed by atoms with Gasteiger partial charge in [0.15, 0.2) is 0 Å². The fraction of sp³-hybridized carbons (Fsp3) is 0.364. The molecule has 9 heteroatoms. The Hall–Kier alpha value is -0.740. The van der Waals surface area contributed by atoms with Gasteiger partial charge in [0.1, 0.15) is 10.7 Å². The molecule has 0 saturated heterocycles. The second-order valence-electron chi connectivity index (χ2n) is 4.13. The van der Waals surface area contributed by atoms with E-state index in [2.05, 4.69) is 25.6 Å². The number of aromatic nitrogens is 1. The number of thiophene rings is 1. The molecule has 0 aliphatic carbocycles. The monoisotopic (exact) mass is 379 g/mol. The van der Waals surface area contributed by atoms with E-state index in [0.29, 0.717) is 22.0 Å². The number of hydrogen-bond donors (Lipinski definition) is 2. The van der Waals surface area contributed by atoms with Gasteiger partial charge in [-0.25, -0.2) is 18.1 Å². The molecule has 2 rings (SSSR count). The number of sulfonamides is 1. The van der Waals surface area contributed by atoms with Crippen LogP contribution in [0.4, 0.5) is 0 Å². The van der Waals surface area contributed by atoms with E-state index in [0.717, 1.165) is 10.6 Å². The zero-order valence-corrected chi connectivity index (χ0v) is 14.2. The minimum atomic E-state index is -3.62. The van der Waals surface area contributed by atoms with Crippen molar-refractivity contribution in [3.63, 3.8) is 0 Å². The van der Waals surface area contributed by atoms with Crippen molar-refractivity contribution in [2.24, 2.45) is 5.73 Å². The second kappa shape index (κ2) is 5.94. The molecule has 2 aromatic rings. The van der Waals surface area contributed by atoms with Crippen LogP contribution in [0.2, 0.25) is 0 Å². The Morgan fingerprint density at radius 1 is 1.50 bits per heavy atom. The van der Waals surface area contributed by atoms with E-state index in [1.54, 1.807) is 19.9 Å². The summed E-state index contributed by atoms with van der Waals surface area (Å²) in [6.45, 7) is 3.90. The fourth-order valence-corrected chi connectivity index (χ4v) is 5.06. The molecule has 0 aliphatic rings. The van der Waals surface area contributed by atoms with Crippen molar-refractivity contribution >= 4 is 37.3 Å². The average Bonchev–Trinajstić information content (AvgIpc) is 2.91. The molecular weight excluding hydrogens is 366 g/mol. The summed E-state index contributed by atoms with van der Waals surface area (Å²) in [5.41, 5.74) is 6.26. The van der Waals surface area contributed by atoms with Crippen LogP contribution in [0, 0.1) is 13.8 Å². The molecule has 0 amide bonds. The van der Waals surface area contributed by atoms with Crippen LogP contribution in [0.3, 0.4) is 0 Å². The van der Waals surface area contributed by atoms with Gasteiger partial charge in [-0.3, -0.25) is 0 Å². The van der Waals surface area contributed by atoms with Crippen LogP contribution in [0.5, 0.6) is 0 Å². The number of aryl methyl sites for hydroxylation is 2. The lowest BCUT2D eigenvalue weighted by molar-refractivity contribution is 0.463. The van der Waals surface area contributed by atoms with Crippen molar-refractivity contribution in [2.75, 3.05) is 0 Å². The average molecular weight is 380 g/mol. The van der Waals surface area contributed by atoms with Crippen LogP contribution < -0.4 is 10.5 Å². The van der Waals surface area contributed by atoms with Crippen LogP contribution in [0.25, 0.3) is 0 Å². The first-order valence-electron chi connectivity index (χ1n) is 5.74. The first-order chi connectivity index (χ1) is 9.33. The Kier molecular flexibility index (Phi) is 4.65. The number of nitrogens with two attached hydrogens (primary N) is 1. The Labute approximate surface area is 129 Å². The largest absolute Gasteiger partial charge is 0.444 e. The Morgan fingerprint density at radius 3 is 2.70 bits per heavy atom. The van der Waals surface area contributed by atoms with Crippen LogP contribution in [0.1, 0.15) is 22.2 Å². The number of halogens is 1. The quantitative estimate of drug-likeness (QED) is 0.827. The Morgan fingerprint density at radius 2 is 2.20 bits per heavy atom. The molecule has 0 spiro atoms. The summed E-state index contributed by atoms with van der Waals surface area (Å²) in [6.07, 6.45) is 0. The van der Waals surface area contributed by atoms with Crippen molar-refractivity contribution in [1.82, 2.24) is 9.71 Å². The zero-order chi connectivity index (χ0) is 14.9. The molecule has 0 radical (unpaired) electrons. The predicted octanol–water partition coefficient (Wildman–Crippen LogP) is 2.05. The summed E-state index contributed by atoms with van der Waals surface area (Å²) in [6, 6.07) is 1.56. The minimum Gasteiger partial charge on any atom is -0.444 e. The lowest BCUT2D eigenvalue weighted by atomic mass is 10.4. The molecule has 0 aliphatic heterocycles. The van der Waals surface area contributed by atoms with Gasteiger partial charge in [0.2, 0.25) is 15.9 Å². The summed E-state index contributed by atoms with van der Waals surface area (Å²) in [7, 11) is -3.62. The summed E-state index contributed by atoms with van der Waals surface area (Å²) in [5.74, 6) is 1.02. The molecule has 0 unspecified atom stereocenters. The number of oxazole rings is 1. The zero-order valence-electron chi connectivity index (χ0n) is 10.9. The summed E-state index contributed by atoms with van der Waals surface area (Å²) >= 11 is 4.54. The highest BCUT2D eigenvalue weighted by Crippen LogP contribution is 2.31. The van der Waals surface area contributed by atoms with Gasteiger partial charge < -0.3 is 10.2 Å². The topological polar surface area (TPSA) is 98.2 Å². The standard InChI is InChI=1S/C11H14BrN3O3S2/c1-6-7(2)18-10(15-6)5-14-20(16,17)9-3-8(4-13)19-11(9)12/h3,14H,4-5,13H2,1-2H3. The van der Waals surface area contributed by atoms with Crippen molar-refractivity contribution < 1.29 is 12.8 Å². The molecule has 0 fully saturated rings. The van der Waals surface area contributed by atoms with Gasteiger partial charge in [-0.1, -0.05) is 0 Å². The maximum absolute atomic E-state index is 12.2. The molecule has 2 aromatic heterocycles. The Balaban J connectivity index is 2.16. The number of rotatable bonds is 5. The van der Waals surface area contributed by atoms with Crippen molar-refractivity contribution in [2.45, 2.75) is 31.8 Å². The van der Waals surface area contributed by atoms with Crippen LogP contribution in [-0.4, -0.2) is 13.4 Å². The van der Waals surface area contributed by atoms with E-state index in [1.807, 2.05) is 0 Å². The van der Waals surface area contributed by atoms with Crippen LogP contribution >= 0.6 is 27.3 Å². The fourth-order valence-electron chi connectivity index (χ4n) is 1.53. The van der Waals surface area contributed by atoms with Crippen molar-refractivity contribution in [1.29, 1.82) is 0 Å². The van der Waals surface area contributed by atoms with E-state index >= 15 is 0 Å². The van der Waals surface area contributed by atoms with E-state index in [9.17, 15) is 8.42 Å². The first-order valence-corrected chi connectivity index (χ1v) is 8.83. The van der Waals surface area contributed by atoms with E-state index in [-0.39, 0.29) is 11.4 Å². The van der Waals surface area contributed by atoms with Gasteiger partial charge in [-0.2, -0.15) is 0 Å². The highest BCUT2D eigenvalue weighted by Gasteiger charge is 2.21. The molecular formula is C11H14BrN3O3S2. The van der Waals surface area contributed by atoms with Gasteiger partial charge in [0, 0.05) is 11.4 Å². The van der Waals surface area contributed by atoms with Crippen LogP contribution in [-0.2, 0) is 23.1 Å². The van der Waals surface area contributed by atoms with E-state index in [1.165, 1.54) is 11.3 Å². The third-order valence-corrected chi connectivity index (χ3v) is 6.36. The molecule has 0 bridgehead atoms.